The van der Waals surface area contributed by atoms with Crippen molar-refractivity contribution < 1.29 is 23.8 Å². The standard InChI is InChI=1S/C19H23NO5/c1-13-7-14(2)10-20(9-13)18(21)11-23-19(22)6-4-15-3-5-16-17(8-15)25-12-24-16/h3-6,8,13-14H,7,9-12H2,1-2H3/b6-4+/t13-,14-/m0/s1. The predicted molar refractivity (Wildman–Crippen MR) is 92.1 cm³/mol. The number of amides is 1. The van der Waals surface area contributed by atoms with Crippen LogP contribution in [0.3, 0.4) is 0 Å². The second kappa shape index (κ2) is 7.59. The van der Waals surface area contributed by atoms with Crippen LogP contribution in [-0.2, 0) is 14.3 Å². The lowest BCUT2D eigenvalue weighted by Crippen LogP contribution is -2.44. The number of likely N-dealkylation sites (tertiary alicyclic amines) is 1. The summed E-state index contributed by atoms with van der Waals surface area (Å²) in [6.07, 6.45) is 4.06. The number of esters is 1. The van der Waals surface area contributed by atoms with Crippen LogP contribution in [0.25, 0.3) is 6.08 Å². The quantitative estimate of drug-likeness (QED) is 0.620. The van der Waals surface area contributed by atoms with Gasteiger partial charge in [0.05, 0.1) is 0 Å². The maximum absolute atomic E-state index is 12.2. The average Bonchev–Trinajstić information content (AvgIpc) is 3.04. The fourth-order valence-electron chi connectivity index (χ4n) is 3.32. The number of carbonyl (C=O) groups is 2. The third-order valence-electron chi connectivity index (χ3n) is 4.37. The number of nitrogens with zero attached hydrogens (tertiary/aromatic N) is 1. The Labute approximate surface area is 147 Å². The number of piperidine rings is 1. The first-order valence-electron chi connectivity index (χ1n) is 8.53. The van der Waals surface area contributed by atoms with E-state index in [1.807, 2.05) is 6.07 Å². The maximum Gasteiger partial charge on any atom is 0.331 e. The smallest absolute Gasteiger partial charge is 0.331 e. The highest BCUT2D eigenvalue weighted by molar-refractivity contribution is 5.89. The van der Waals surface area contributed by atoms with Crippen molar-refractivity contribution in [2.75, 3.05) is 26.5 Å². The highest BCUT2D eigenvalue weighted by Crippen LogP contribution is 2.32. The molecule has 0 bridgehead atoms. The second-order valence-corrected chi connectivity index (χ2v) is 6.80. The van der Waals surface area contributed by atoms with Gasteiger partial charge in [-0.3, -0.25) is 4.79 Å². The van der Waals surface area contributed by atoms with Crippen molar-refractivity contribution in [1.82, 2.24) is 4.90 Å². The zero-order chi connectivity index (χ0) is 17.8. The molecule has 0 aliphatic carbocycles. The van der Waals surface area contributed by atoms with Crippen LogP contribution in [0.1, 0.15) is 25.8 Å². The fourth-order valence-corrected chi connectivity index (χ4v) is 3.32. The molecule has 2 atom stereocenters. The Kier molecular flexibility index (Phi) is 5.26. The van der Waals surface area contributed by atoms with Crippen LogP contribution >= 0.6 is 0 Å². The fraction of sp³-hybridized carbons (Fsp3) is 0.474. The molecule has 2 heterocycles. The summed E-state index contributed by atoms with van der Waals surface area (Å²) < 4.78 is 15.6. The number of hydrogen-bond acceptors (Lipinski definition) is 5. The molecule has 2 aliphatic rings. The van der Waals surface area contributed by atoms with E-state index in [2.05, 4.69) is 13.8 Å². The zero-order valence-electron chi connectivity index (χ0n) is 14.6. The zero-order valence-corrected chi connectivity index (χ0v) is 14.6. The van der Waals surface area contributed by atoms with Gasteiger partial charge in [-0.15, -0.1) is 0 Å². The van der Waals surface area contributed by atoms with E-state index in [-0.39, 0.29) is 19.3 Å². The molecule has 1 fully saturated rings. The van der Waals surface area contributed by atoms with E-state index in [0.29, 0.717) is 23.3 Å². The SMILES string of the molecule is C[C@H]1C[C@H](C)CN(C(=O)COC(=O)/C=C/c2ccc3c(c2)OCO3)C1. The predicted octanol–water partition coefficient (Wildman–Crippen LogP) is 2.48. The largest absolute Gasteiger partial charge is 0.454 e. The monoisotopic (exact) mass is 345 g/mol. The highest BCUT2D eigenvalue weighted by Gasteiger charge is 2.25. The van der Waals surface area contributed by atoms with Gasteiger partial charge in [0.25, 0.3) is 5.91 Å². The summed E-state index contributed by atoms with van der Waals surface area (Å²) in [6, 6.07) is 5.39. The Morgan fingerprint density at radius 2 is 1.92 bits per heavy atom. The molecular formula is C19H23NO5. The first kappa shape index (κ1) is 17.3. The molecule has 1 aromatic rings. The average molecular weight is 345 g/mol. The minimum atomic E-state index is -0.538. The molecule has 3 rings (SSSR count). The summed E-state index contributed by atoms with van der Waals surface area (Å²) >= 11 is 0. The number of benzene rings is 1. The number of fused-ring (bicyclic) bond motifs is 1. The van der Waals surface area contributed by atoms with Crippen molar-refractivity contribution >= 4 is 18.0 Å². The molecule has 6 nitrogen and oxygen atoms in total. The number of ether oxygens (including phenoxy) is 3. The summed E-state index contributed by atoms with van der Waals surface area (Å²) in [7, 11) is 0. The minimum absolute atomic E-state index is 0.136. The lowest BCUT2D eigenvalue weighted by Gasteiger charge is -2.34. The summed E-state index contributed by atoms with van der Waals surface area (Å²) in [5.74, 6) is 1.63. The van der Waals surface area contributed by atoms with Gasteiger partial charge in [-0.1, -0.05) is 19.9 Å². The van der Waals surface area contributed by atoms with E-state index in [0.717, 1.165) is 25.1 Å². The lowest BCUT2D eigenvalue weighted by molar-refractivity contribution is -0.149. The molecule has 1 aromatic carbocycles. The first-order chi connectivity index (χ1) is 12.0. The molecular weight excluding hydrogens is 322 g/mol. The Morgan fingerprint density at radius 3 is 2.68 bits per heavy atom. The Morgan fingerprint density at radius 1 is 1.20 bits per heavy atom. The lowest BCUT2D eigenvalue weighted by atomic mass is 9.92. The van der Waals surface area contributed by atoms with Gasteiger partial charge in [0, 0.05) is 19.2 Å². The molecule has 0 radical (unpaired) electrons. The van der Waals surface area contributed by atoms with Crippen LogP contribution < -0.4 is 9.47 Å². The Balaban J connectivity index is 1.48. The third-order valence-corrected chi connectivity index (χ3v) is 4.37. The van der Waals surface area contributed by atoms with Gasteiger partial charge < -0.3 is 19.1 Å². The van der Waals surface area contributed by atoms with Crippen LogP contribution in [0.4, 0.5) is 0 Å². The van der Waals surface area contributed by atoms with Crippen molar-refractivity contribution in [2.45, 2.75) is 20.3 Å². The van der Waals surface area contributed by atoms with Gasteiger partial charge in [0.2, 0.25) is 6.79 Å². The van der Waals surface area contributed by atoms with Crippen LogP contribution in [-0.4, -0.2) is 43.3 Å². The molecule has 0 unspecified atom stereocenters. The van der Waals surface area contributed by atoms with Crippen LogP contribution in [0.15, 0.2) is 24.3 Å². The Bertz CT molecular complexity index is 674. The second-order valence-electron chi connectivity index (χ2n) is 6.80. The van der Waals surface area contributed by atoms with E-state index in [4.69, 9.17) is 14.2 Å². The molecule has 6 heteroatoms. The molecule has 1 saturated heterocycles. The van der Waals surface area contributed by atoms with E-state index < -0.39 is 5.97 Å². The molecule has 134 valence electrons. The topological polar surface area (TPSA) is 65.1 Å². The van der Waals surface area contributed by atoms with E-state index in [1.165, 1.54) is 6.08 Å². The summed E-state index contributed by atoms with van der Waals surface area (Å²) in [4.78, 5) is 25.8. The molecule has 0 saturated carbocycles. The van der Waals surface area contributed by atoms with E-state index >= 15 is 0 Å². The van der Waals surface area contributed by atoms with Crippen LogP contribution in [0, 0.1) is 11.8 Å². The summed E-state index contributed by atoms with van der Waals surface area (Å²) in [6.45, 7) is 5.72. The summed E-state index contributed by atoms with van der Waals surface area (Å²) in [5, 5.41) is 0. The number of carbonyl (C=O) groups excluding carboxylic acids is 2. The maximum atomic E-state index is 12.2. The van der Waals surface area contributed by atoms with Gasteiger partial charge in [-0.05, 0) is 42.0 Å². The number of rotatable bonds is 4. The van der Waals surface area contributed by atoms with Gasteiger partial charge >= 0.3 is 5.97 Å². The van der Waals surface area contributed by atoms with Crippen molar-refractivity contribution in [3.63, 3.8) is 0 Å². The third kappa shape index (κ3) is 4.53. The molecule has 0 aromatic heterocycles. The molecule has 0 spiro atoms. The minimum Gasteiger partial charge on any atom is -0.454 e. The normalized spacial score (nSPS) is 22.2. The summed E-state index contributed by atoms with van der Waals surface area (Å²) in [5.41, 5.74) is 0.797. The van der Waals surface area contributed by atoms with E-state index in [1.54, 1.807) is 23.1 Å². The van der Waals surface area contributed by atoms with Crippen LogP contribution in [0.2, 0.25) is 0 Å². The number of hydrogen-bond donors (Lipinski definition) is 0. The molecule has 25 heavy (non-hydrogen) atoms. The molecule has 2 aliphatic heterocycles. The Hall–Kier alpha value is -2.50. The molecule has 1 amide bonds. The van der Waals surface area contributed by atoms with E-state index in [9.17, 15) is 9.59 Å². The van der Waals surface area contributed by atoms with Crippen molar-refractivity contribution in [2.24, 2.45) is 11.8 Å². The van der Waals surface area contributed by atoms with Crippen molar-refractivity contribution in [3.8, 4) is 11.5 Å². The first-order valence-corrected chi connectivity index (χ1v) is 8.53. The van der Waals surface area contributed by atoms with Gasteiger partial charge in [-0.25, -0.2) is 4.79 Å². The van der Waals surface area contributed by atoms with Crippen molar-refractivity contribution in [3.05, 3.63) is 29.8 Å². The van der Waals surface area contributed by atoms with Gasteiger partial charge in [0.15, 0.2) is 18.1 Å². The van der Waals surface area contributed by atoms with Gasteiger partial charge in [0.1, 0.15) is 0 Å². The van der Waals surface area contributed by atoms with Crippen LogP contribution in [0.5, 0.6) is 11.5 Å². The van der Waals surface area contributed by atoms with Crippen molar-refractivity contribution in [1.29, 1.82) is 0 Å². The molecule has 0 N–H and O–H groups in total. The van der Waals surface area contributed by atoms with Gasteiger partial charge in [-0.2, -0.15) is 0 Å². The highest BCUT2D eigenvalue weighted by atomic mass is 16.7.